The van der Waals surface area contributed by atoms with Crippen molar-refractivity contribution in [2.75, 3.05) is 6.61 Å². The highest BCUT2D eigenvalue weighted by atomic mass is 16.5. The molecule has 1 heterocycles. The van der Waals surface area contributed by atoms with Crippen LogP contribution < -0.4 is 0 Å². The predicted octanol–water partition coefficient (Wildman–Crippen LogP) is -0.420. The molecule has 0 aromatic heterocycles. The van der Waals surface area contributed by atoms with E-state index < -0.39 is 30.3 Å². The second-order valence-corrected chi connectivity index (χ2v) is 2.45. The first-order valence-electron chi connectivity index (χ1n) is 3.35. The molecule has 0 spiro atoms. The van der Waals surface area contributed by atoms with Gasteiger partial charge in [-0.2, -0.15) is 0 Å². The van der Waals surface area contributed by atoms with Crippen molar-refractivity contribution in [2.24, 2.45) is 0 Å². The molecule has 2 atom stereocenters. The number of rotatable bonds is 2. The second kappa shape index (κ2) is 3.04. The summed E-state index contributed by atoms with van der Waals surface area (Å²) in [5, 5.41) is 35.6. The SMILES string of the molecule is C=C1OC(C(O)CO)C(O)=C1O. The summed E-state index contributed by atoms with van der Waals surface area (Å²) in [7, 11) is 0. The molecular weight excluding hydrogens is 164 g/mol. The molecule has 12 heavy (non-hydrogen) atoms. The van der Waals surface area contributed by atoms with E-state index in [1.54, 1.807) is 0 Å². The quantitative estimate of drug-likeness (QED) is 0.456. The summed E-state index contributed by atoms with van der Waals surface area (Å²) in [6.45, 7) is 2.71. The highest BCUT2D eigenvalue weighted by Crippen LogP contribution is 2.27. The molecule has 0 amide bonds. The fourth-order valence-electron chi connectivity index (χ4n) is 0.899. The summed E-state index contributed by atoms with van der Waals surface area (Å²) in [4.78, 5) is 0. The van der Waals surface area contributed by atoms with Gasteiger partial charge in [0.15, 0.2) is 23.4 Å². The minimum absolute atomic E-state index is 0.106. The minimum Gasteiger partial charge on any atom is -0.505 e. The van der Waals surface area contributed by atoms with E-state index in [4.69, 9.17) is 25.2 Å². The predicted molar refractivity (Wildman–Crippen MR) is 39.4 cm³/mol. The van der Waals surface area contributed by atoms with Crippen LogP contribution in [0.4, 0.5) is 0 Å². The number of ether oxygens (including phenoxy) is 1. The smallest absolute Gasteiger partial charge is 0.199 e. The van der Waals surface area contributed by atoms with E-state index in [9.17, 15) is 0 Å². The van der Waals surface area contributed by atoms with E-state index in [0.717, 1.165) is 0 Å². The molecule has 68 valence electrons. The first-order chi connectivity index (χ1) is 5.57. The largest absolute Gasteiger partial charge is 0.505 e. The minimum atomic E-state index is -1.26. The molecule has 0 fully saturated rings. The topological polar surface area (TPSA) is 90.2 Å². The molecule has 1 aliphatic heterocycles. The van der Waals surface area contributed by atoms with E-state index >= 15 is 0 Å². The molecule has 5 heteroatoms. The standard InChI is InChI=1S/C7H10O5/c1-3-5(10)6(11)7(12-3)4(9)2-8/h4,7-11H,1-2H2. The van der Waals surface area contributed by atoms with E-state index in [1.165, 1.54) is 0 Å². The first kappa shape index (κ1) is 8.89. The molecular formula is C7H10O5. The number of hydrogen-bond donors (Lipinski definition) is 4. The number of aliphatic hydroxyl groups is 4. The third-order valence-corrected chi connectivity index (χ3v) is 1.58. The Hall–Kier alpha value is -1.20. The Balaban J connectivity index is 2.80. The molecule has 5 nitrogen and oxygen atoms in total. The Morgan fingerprint density at radius 1 is 1.50 bits per heavy atom. The molecule has 0 saturated heterocycles. The van der Waals surface area contributed by atoms with Crippen molar-refractivity contribution in [3.05, 3.63) is 23.9 Å². The van der Waals surface area contributed by atoms with Gasteiger partial charge in [0.05, 0.1) is 6.61 Å². The van der Waals surface area contributed by atoms with Gasteiger partial charge in [0.1, 0.15) is 6.10 Å². The van der Waals surface area contributed by atoms with Crippen LogP contribution in [-0.4, -0.2) is 39.2 Å². The molecule has 0 aromatic rings. The molecule has 0 aromatic carbocycles. The normalized spacial score (nSPS) is 25.8. The van der Waals surface area contributed by atoms with Gasteiger partial charge in [0, 0.05) is 0 Å². The summed E-state index contributed by atoms with van der Waals surface area (Å²) >= 11 is 0. The molecule has 1 rings (SSSR count). The van der Waals surface area contributed by atoms with Gasteiger partial charge in [-0.05, 0) is 0 Å². The van der Waals surface area contributed by atoms with Crippen molar-refractivity contribution in [1.29, 1.82) is 0 Å². The van der Waals surface area contributed by atoms with Gasteiger partial charge >= 0.3 is 0 Å². The van der Waals surface area contributed by atoms with Crippen molar-refractivity contribution in [3.63, 3.8) is 0 Å². The number of hydrogen-bond acceptors (Lipinski definition) is 5. The molecule has 0 saturated carbocycles. The summed E-state index contributed by atoms with van der Waals surface area (Å²) in [5.41, 5.74) is 0. The van der Waals surface area contributed by atoms with Crippen LogP contribution in [0.3, 0.4) is 0 Å². The summed E-state index contributed by atoms with van der Waals surface area (Å²) in [6.07, 6.45) is -2.37. The van der Waals surface area contributed by atoms with Crippen LogP contribution in [0.2, 0.25) is 0 Å². The Kier molecular flexibility index (Phi) is 2.25. The van der Waals surface area contributed by atoms with Crippen LogP contribution in [0, 0.1) is 0 Å². The van der Waals surface area contributed by atoms with Crippen molar-refractivity contribution in [3.8, 4) is 0 Å². The zero-order valence-electron chi connectivity index (χ0n) is 6.27. The van der Waals surface area contributed by atoms with Crippen LogP contribution in [0.5, 0.6) is 0 Å². The average molecular weight is 174 g/mol. The van der Waals surface area contributed by atoms with Gasteiger partial charge in [0.25, 0.3) is 0 Å². The van der Waals surface area contributed by atoms with Gasteiger partial charge in [-0.3, -0.25) is 0 Å². The van der Waals surface area contributed by atoms with Crippen LogP contribution in [0.15, 0.2) is 23.9 Å². The van der Waals surface area contributed by atoms with Crippen molar-refractivity contribution in [2.45, 2.75) is 12.2 Å². The fourth-order valence-corrected chi connectivity index (χ4v) is 0.899. The van der Waals surface area contributed by atoms with Crippen molar-refractivity contribution >= 4 is 0 Å². The average Bonchev–Trinajstić information content (AvgIpc) is 2.32. The number of aliphatic hydroxyl groups excluding tert-OH is 4. The lowest BCUT2D eigenvalue weighted by atomic mass is 10.2. The first-order valence-corrected chi connectivity index (χ1v) is 3.35. The van der Waals surface area contributed by atoms with Gasteiger partial charge in [-0.1, -0.05) is 6.58 Å². The Morgan fingerprint density at radius 3 is 2.42 bits per heavy atom. The Bertz CT molecular complexity index is 232. The molecule has 4 N–H and O–H groups in total. The van der Waals surface area contributed by atoms with E-state index in [2.05, 4.69) is 6.58 Å². The molecule has 0 bridgehead atoms. The van der Waals surface area contributed by atoms with Crippen molar-refractivity contribution in [1.82, 2.24) is 0 Å². The molecule has 0 radical (unpaired) electrons. The second-order valence-electron chi connectivity index (χ2n) is 2.45. The van der Waals surface area contributed by atoms with E-state index in [0.29, 0.717) is 0 Å². The van der Waals surface area contributed by atoms with Gasteiger partial charge in [-0.25, -0.2) is 0 Å². The van der Waals surface area contributed by atoms with Gasteiger partial charge in [-0.15, -0.1) is 0 Å². The summed E-state index contributed by atoms with van der Waals surface area (Å²) in [6, 6.07) is 0. The van der Waals surface area contributed by atoms with E-state index in [-0.39, 0.29) is 5.76 Å². The maximum atomic E-state index is 9.10. The molecule has 1 aliphatic rings. The fraction of sp³-hybridized carbons (Fsp3) is 0.429. The Labute approximate surface area is 68.8 Å². The lowest BCUT2D eigenvalue weighted by Crippen LogP contribution is -2.30. The lowest BCUT2D eigenvalue weighted by Gasteiger charge is -2.15. The zero-order valence-corrected chi connectivity index (χ0v) is 6.27. The van der Waals surface area contributed by atoms with Crippen LogP contribution in [-0.2, 0) is 4.74 Å². The Morgan fingerprint density at radius 2 is 2.08 bits per heavy atom. The van der Waals surface area contributed by atoms with Gasteiger partial charge in [0.2, 0.25) is 0 Å². The van der Waals surface area contributed by atoms with Gasteiger partial charge < -0.3 is 25.2 Å². The molecule has 0 aliphatic carbocycles. The lowest BCUT2D eigenvalue weighted by molar-refractivity contribution is -0.0164. The summed E-state index contributed by atoms with van der Waals surface area (Å²) < 4.78 is 4.76. The van der Waals surface area contributed by atoms with Crippen LogP contribution in [0.1, 0.15) is 0 Å². The van der Waals surface area contributed by atoms with Crippen LogP contribution >= 0.6 is 0 Å². The molecule has 2 unspecified atom stereocenters. The maximum absolute atomic E-state index is 9.10. The summed E-state index contributed by atoms with van der Waals surface area (Å²) in [5.74, 6) is -1.08. The highest BCUT2D eigenvalue weighted by molar-refractivity contribution is 5.28. The van der Waals surface area contributed by atoms with Crippen molar-refractivity contribution < 1.29 is 25.2 Å². The monoisotopic (exact) mass is 174 g/mol. The van der Waals surface area contributed by atoms with Crippen LogP contribution in [0.25, 0.3) is 0 Å². The third kappa shape index (κ3) is 1.24. The maximum Gasteiger partial charge on any atom is 0.199 e. The third-order valence-electron chi connectivity index (χ3n) is 1.58. The van der Waals surface area contributed by atoms with E-state index in [1.807, 2.05) is 0 Å². The highest BCUT2D eigenvalue weighted by Gasteiger charge is 2.35. The zero-order chi connectivity index (χ0) is 9.30.